The Morgan fingerprint density at radius 3 is 2.53 bits per heavy atom. The Morgan fingerprint density at radius 2 is 1.90 bits per heavy atom. The molecule has 1 fully saturated rings. The lowest BCUT2D eigenvalue weighted by molar-refractivity contribution is -0.154. The number of aromatic amines is 1. The first-order chi connectivity index (χ1) is 14.2. The van der Waals surface area contributed by atoms with E-state index in [4.69, 9.17) is 14.2 Å². The Morgan fingerprint density at radius 1 is 1.23 bits per heavy atom. The van der Waals surface area contributed by atoms with Gasteiger partial charge in [-0.1, -0.05) is 17.7 Å². The lowest BCUT2D eigenvalue weighted by atomic mass is 10.1. The lowest BCUT2D eigenvalue weighted by Gasteiger charge is -2.20. The number of carbonyl (C=O) groups excluding carboxylic acids is 2. The van der Waals surface area contributed by atoms with Gasteiger partial charge in [0.25, 0.3) is 5.56 Å². The van der Waals surface area contributed by atoms with E-state index >= 15 is 0 Å². The molecule has 0 bridgehead atoms. The number of hydrogen-bond donors (Lipinski definition) is 1. The fraction of sp³-hybridized carbons (Fsp3) is 0.368. The second kappa shape index (κ2) is 8.57. The number of benzene rings is 1. The topological polar surface area (TPSA) is 117 Å². The van der Waals surface area contributed by atoms with E-state index in [1.807, 2.05) is 6.92 Å². The summed E-state index contributed by atoms with van der Waals surface area (Å²) >= 11 is 0. The molecule has 1 N–H and O–H groups in total. The van der Waals surface area contributed by atoms with Gasteiger partial charge in [-0.15, -0.1) is 0 Å². The fourth-order valence-corrected chi connectivity index (χ4v) is 2.95. The average Bonchev–Trinajstić information content (AvgIpc) is 2.98. The molecule has 0 saturated carbocycles. The quantitative estimate of drug-likeness (QED) is 0.712. The van der Waals surface area contributed by atoms with Crippen LogP contribution >= 0.6 is 0 Å². The van der Waals surface area contributed by atoms with Gasteiger partial charge in [0, 0.05) is 6.92 Å². The monoisotopic (exact) mass is 424 g/mol. The van der Waals surface area contributed by atoms with Gasteiger partial charge in [0.05, 0.1) is 11.8 Å². The maximum Gasteiger partial charge on any atom is 0.338 e. The third-order valence-electron chi connectivity index (χ3n) is 4.43. The largest absolute Gasteiger partial charge is 0.459 e. The van der Waals surface area contributed by atoms with Crippen LogP contribution in [0.1, 0.15) is 29.1 Å². The Labute approximate surface area is 168 Å². The van der Waals surface area contributed by atoms with Crippen LogP contribution in [-0.4, -0.2) is 46.5 Å². The molecule has 11 heteroatoms. The standard InChI is InChI=1S/C19H18F2N2O7/c1-9-3-5-11(6-4-9)18(26)28-8-13-14(21)15(29-10(2)24)17(30-13)23-7-12(20)16(25)22-19(23)27/h3-7,13-15,17H,8H2,1-2H3,(H,22,25,27)/t13-,14?,15+,17-/m1/s1. The first-order valence-corrected chi connectivity index (χ1v) is 8.89. The zero-order valence-corrected chi connectivity index (χ0v) is 16.0. The molecule has 1 aromatic carbocycles. The average molecular weight is 424 g/mol. The van der Waals surface area contributed by atoms with Crippen molar-refractivity contribution in [2.24, 2.45) is 0 Å². The van der Waals surface area contributed by atoms with Crippen molar-refractivity contribution in [1.29, 1.82) is 0 Å². The number of nitrogens with one attached hydrogen (secondary N) is 1. The van der Waals surface area contributed by atoms with Gasteiger partial charge in [0.2, 0.25) is 5.82 Å². The highest BCUT2D eigenvalue weighted by atomic mass is 19.1. The number of carbonyl (C=O) groups is 2. The number of aromatic nitrogens is 2. The van der Waals surface area contributed by atoms with Crippen LogP contribution in [0, 0.1) is 12.7 Å². The summed E-state index contributed by atoms with van der Waals surface area (Å²) in [5.41, 5.74) is -1.19. The third kappa shape index (κ3) is 4.46. The number of hydrogen-bond acceptors (Lipinski definition) is 7. The predicted octanol–water partition coefficient (Wildman–Crippen LogP) is 1.01. The highest BCUT2D eigenvalue weighted by Gasteiger charge is 2.49. The molecule has 1 aliphatic heterocycles. The Bertz CT molecular complexity index is 1060. The predicted molar refractivity (Wildman–Crippen MR) is 97.1 cm³/mol. The summed E-state index contributed by atoms with van der Waals surface area (Å²) < 4.78 is 44.5. The molecule has 2 aromatic rings. The van der Waals surface area contributed by atoms with E-state index in [9.17, 15) is 28.0 Å². The number of rotatable bonds is 5. The molecule has 1 saturated heterocycles. The number of alkyl halides is 1. The van der Waals surface area contributed by atoms with Crippen LogP contribution in [0.3, 0.4) is 0 Å². The Kier molecular flexibility index (Phi) is 6.11. The molecule has 0 amide bonds. The van der Waals surface area contributed by atoms with Crippen molar-refractivity contribution in [2.75, 3.05) is 6.61 Å². The molecule has 1 aliphatic rings. The lowest BCUT2D eigenvalue weighted by Crippen LogP contribution is -2.39. The number of esters is 2. The number of nitrogens with zero attached hydrogens (tertiary/aromatic N) is 1. The maximum atomic E-state index is 14.9. The van der Waals surface area contributed by atoms with E-state index in [2.05, 4.69) is 0 Å². The molecular formula is C19H18F2N2O7. The summed E-state index contributed by atoms with van der Waals surface area (Å²) in [6.07, 6.45) is -6.09. The van der Waals surface area contributed by atoms with Gasteiger partial charge < -0.3 is 14.2 Å². The van der Waals surface area contributed by atoms with Crippen LogP contribution in [0.25, 0.3) is 0 Å². The Balaban J connectivity index is 1.80. The van der Waals surface area contributed by atoms with Gasteiger partial charge in [-0.2, -0.15) is 4.39 Å². The van der Waals surface area contributed by atoms with Gasteiger partial charge in [0.1, 0.15) is 12.7 Å². The Hall–Kier alpha value is -3.34. The summed E-state index contributed by atoms with van der Waals surface area (Å²) in [6, 6.07) is 6.47. The van der Waals surface area contributed by atoms with Crippen LogP contribution < -0.4 is 11.2 Å². The zero-order chi connectivity index (χ0) is 22.0. The first kappa shape index (κ1) is 21.4. The molecule has 9 nitrogen and oxygen atoms in total. The minimum absolute atomic E-state index is 0.237. The molecule has 2 heterocycles. The van der Waals surface area contributed by atoms with Crippen LogP contribution in [0.5, 0.6) is 0 Å². The summed E-state index contributed by atoms with van der Waals surface area (Å²) in [6.45, 7) is 2.31. The summed E-state index contributed by atoms with van der Waals surface area (Å²) in [5, 5.41) is 0. The molecule has 160 valence electrons. The SMILES string of the molecule is CC(=O)O[C@H]1C(F)[C@@H](COC(=O)c2ccc(C)cc2)O[C@H]1n1cc(F)c(=O)[nH]c1=O. The van der Waals surface area contributed by atoms with Gasteiger partial charge in [-0.3, -0.25) is 19.1 Å². The number of H-pyrrole nitrogens is 1. The van der Waals surface area contributed by atoms with Crippen molar-refractivity contribution >= 4 is 11.9 Å². The van der Waals surface area contributed by atoms with E-state index in [1.54, 1.807) is 17.1 Å². The van der Waals surface area contributed by atoms with E-state index in [1.165, 1.54) is 12.1 Å². The van der Waals surface area contributed by atoms with Crippen LogP contribution in [-0.2, 0) is 19.0 Å². The zero-order valence-electron chi connectivity index (χ0n) is 16.0. The van der Waals surface area contributed by atoms with Crippen molar-refractivity contribution in [3.05, 3.63) is 68.2 Å². The number of ether oxygens (including phenoxy) is 3. The first-order valence-electron chi connectivity index (χ1n) is 8.89. The minimum atomic E-state index is -1.99. The van der Waals surface area contributed by atoms with Crippen molar-refractivity contribution < 1.29 is 32.6 Å². The highest BCUT2D eigenvalue weighted by Crippen LogP contribution is 2.33. The van der Waals surface area contributed by atoms with Crippen molar-refractivity contribution in [1.82, 2.24) is 9.55 Å². The number of halogens is 2. The van der Waals surface area contributed by atoms with Gasteiger partial charge in [-0.05, 0) is 19.1 Å². The summed E-state index contributed by atoms with van der Waals surface area (Å²) in [7, 11) is 0. The minimum Gasteiger partial charge on any atom is -0.459 e. The van der Waals surface area contributed by atoms with Crippen LogP contribution in [0.2, 0.25) is 0 Å². The number of aryl methyl sites for hydroxylation is 1. The normalized spacial score (nSPS) is 23.2. The van der Waals surface area contributed by atoms with E-state index in [-0.39, 0.29) is 5.56 Å². The van der Waals surface area contributed by atoms with Gasteiger partial charge in [-0.25, -0.2) is 14.0 Å². The molecule has 3 rings (SSSR count). The fourth-order valence-electron chi connectivity index (χ4n) is 2.95. The molecule has 30 heavy (non-hydrogen) atoms. The highest BCUT2D eigenvalue weighted by molar-refractivity contribution is 5.89. The van der Waals surface area contributed by atoms with Crippen molar-refractivity contribution in [3.8, 4) is 0 Å². The van der Waals surface area contributed by atoms with Gasteiger partial charge in [0.15, 0.2) is 18.5 Å². The van der Waals surface area contributed by atoms with Gasteiger partial charge >= 0.3 is 17.6 Å². The van der Waals surface area contributed by atoms with Crippen molar-refractivity contribution in [2.45, 2.75) is 38.5 Å². The third-order valence-corrected chi connectivity index (χ3v) is 4.43. The van der Waals surface area contributed by atoms with Crippen LogP contribution in [0.15, 0.2) is 40.1 Å². The van der Waals surface area contributed by atoms with E-state index in [0.717, 1.165) is 12.5 Å². The molecule has 0 radical (unpaired) electrons. The summed E-state index contributed by atoms with van der Waals surface area (Å²) in [4.78, 5) is 48.5. The molecule has 1 aromatic heterocycles. The van der Waals surface area contributed by atoms with Crippen molar-refractivity contribution in [3.63, 3.8) is 0 Å². The smallest absolute Gasteiger partial charge is 0.338 e. The molecule has 0 aliphatic carbocycles. The molecule has 4 atom stereocenters. The second-order valence-electron chi connectivity index (χ2n) is 6.69. The van der Waals surface area contributed by atoms with E-state index < -0.39 is 60.2 Å². The summed E-state index contributed by atoms with van der Waals surface area (Å²) in [5.74, 6) is -2.92. The van der Waals surface area contributed by atoms with Crippen LogP contribution in [0.4, 0.5) is 8.78 Å². The molecule has 1 unspecified atom stereocenters. The maximum absolute atomic E-state index is 14.9. The molecule has 0 spiro atoms. The second-order valence-corrected chi connectivity index (χ2v) is 6.69. The molecular weight excluding hydrogens is 406 g/mol. The van der Waals surface area contributed by atoms with E-state index in [0.29, 0.717) is 10.8 Å².